The first-order valence-corrected chi connectivity index (χ1v) is 6.78. The maximum absolute atomic E-state index is 10.7. The average Bonchev–Trinajstić information content (AvgIpc) is 2.81. The zero-order chi connectivity index (χ0) is 12.5. The van der Waals surface area contributed by atoms with Crippen LogP contribution in [0.25, 0.3) is 0 Å². The fraction of sp³-hybridized carbons (Fsp3) is 0.667. The summed E-state index contributed by atoms with van der Waals surface area (Å²) in [5, 5.41) is 14.3. The largest absolute Gasteiger partial charge is 0.476 e. The molecule has 1 heterocycles. The number of carboxylic acids is 1. The average molecular weight is 254 g/mol. The fourth-order valence-electron chi connectivity index (χ4n) is 2.42. The number of nitrogens with zero attached hydrogens (tertiary/aromatic N) is 1. The van der Waals surface area contributed by atoms with Crippen molar-refractivity contribution in [1.82, 2.24) is 10.3 Å². The van der Waals surface area contributed by atoms with E-state index < -0.39 is 5.97 Å². The van der Waals surface area contributed by atoms with Gasteiger partial charge in [-0.2, -0.15) is 0 Å². The molecule has 0 aromatic carbocycles. The molecule has 0 spiro atoms. The molecule has 5 heteroatoms. The lowest BCUT2D eigenvalue weighted by Gasteiger charge is -2.27. The van der Waals surface area contributed by atoms with Crippen molar-refractivity contribution in [3.63, 3.8) is 0 Å². The predicted molar refractivity (Wildman–Crippen MR) is 67.3 cm³/mol. The Morgan fingerprint density at radius 2 is 2.47 bits per heavy atom. The number of thiazole rings is 1. The normalized spacial score (nSPS) is 22.8. The minimum Gasteiger partial charge on any atom is -0.476 e. The lowest BCUT2D eigenvalue weighted by atomic mass is 9.87. The summed E-state index contributed by atoms with van der Waals surface area (Å²) >= 11 is 1.19. The van der Waals surface area contributed by atoms with Gasteiger partial charge in [0.1, 0.15) is 0 Å². The second kappa shape index (κ2) is 4.74. The van der Waals surface area contributed by atoms with Gasteiger partial charge in [-0.1, -0.05) is 20.3 Å². The van der Waals surface area contributed by atoms with Gasteiger partial charge in [0.05, 0.1) is 5.69 Å². The molecule has 0 bridgehead atoms. The van der Waals surface area contributed by atoms with Crippen molar-refractivity contribution >= 4 is 17.3 Å². The van der Waals surface area contributed by atoms with Gasteiger partial charge in [-0.3, -0.25) is 0 Å². The standard InChI is InChI=1S/C12H18N2O2S/c1-12(2)5-3-4-9(12)13-6-8-7-17-10(14-8)11(15)16/h7,9,13H,3-6H2,1-2H3,(H,15,16). The molecule has 0 saturated heterocycles. The van der Waals surface area contributed by atoms with Gasteiger partial charge in [-0.15, -0.1) is 11.3 Å². The maximum atomic E-state index is 10.7. The van der Waals surface area contributed by atoms with E-state index in [0.29, 0.717) is 18.0 Å². The predicted octanol–water partition coefficient (Wildman–Crippen LogP) is 2.51. The van der Waals surface area contributed by atoms with Gasteiger partial charge in [0.2, 0.25) is 5.01 Å². The first-order valence-electron chi connectivity index (χ1n) is 5.90. The minimum absolute atomic E-state index is 0.174. The summed E-state index contributed by atoms with van der Waals surface area (Å²) in [6.07, 6.45) is 3.72. The van der Waals surface area contributed by atoms with Crippen molar-refractivity contribution in [2.24, 2.45) is 5.41 Å². The molecule has 2 N–H and O–H groups in total. The van der Waals surface area contributed by atoms with Crippen LogP contribution in [0.4, 0.5) is 0 Å². The summed E-state index contributed by atoms with van der Waals surface area (Å²) in [6.45, 7) is 5.22. The molecule has 17 heavy (non-hydrogen) atoms. The number of aromatic nitrogens is 1. The van der Waals surface area contributed by atoms with E-state index in [9.17, 15) is 4.79 Å². The zero-order valence-corrected chi connectivity index (χ0v) is 11.0. The number of carbonyl (C=O) groups is 1. The van der Waals surface area contributed by atoms with Crippen LogP contribution in [-0.4, -0.2) is 22.1 Å². The van der Waals surface area contributed by atoms with E-state index in [-0.39, 0.29) is 5.01 Å². The summed E-state index contributed by atoms with van der Waals surface area (Å²) in [5.41, 5.74) is 1.17. The summed E-state index contributed by atoms with van der Waals surface area (Å²) in [4.78, 5) is 14.8. The number of hydrogen-bond acceptors (Lipinski definition) is 4. The first kappa shape index (κ1) is 12.5. The van der Waals surface area contributed by atoms with Crippen LogP contribution in [0.3, 0.4) is 0 Å². The van der Waals surface area contributed by atoms with E-state index in [0.717, 1.165) is 5.69 Å². The Morgan fingerprint density at radius 3 is 3.00 bits per heavy atom. The van der Waals surface area contributed by atoms with Gasteiger partial charge in [0, 0.05) is 18.0 Å². The second-order valence-electron chi connectivity index (χ2n) is 5.26. The van der Waals surface area contributed by atoms with Crippen LogP contribution in [-0.2, 0) is 6.54 Å². The van der Waals surface area contributed by atoms with Crippen LogP contribution in [0.2, 0.25) is 0 Å². The highest BCUT2D eigenvalue weighted by atomic mass is 32.1. The third-order valence-corrected chi connectivity index (χ3v) is 4.40. The van der Waals surface area contributed by atoms with Crippen LogP contribution in [0, 0.1) is 5.41 Å². The number of aromatic carboxylic acids is 1. The van der Waals surface area contributed by atoms with Crippen molar-refractivity contribution in [2.75, 3.05) is 0 Å². The molecule has 2 rings (SSSR count). The van der Waals surface area contributed by atoms with Gasteiger partial charge in [-0.05, 0) is 18.3 Å². The Labute approximate surface area is 105 Å². The monoisotopic (exact) mass is 254 g/mol. The highest BCUT2D eigenvalue weighted by Crippen LogP contribution is 2.37. The molecule has 94 valence electrons. The Hall–Kier alpha value is -0.940. The molecule has 4 nitrogen and oxygen atoms in total. The van der Waals surface area contributed by atoms with E-state index in [4.69, 9.17) is 5.11 Å². The smallest absolute Gasteiger partial charge is 0.365 e. The molecule has 1 atom stereocenters. The molecule has 0 aliphatic heterocycles. The molecule has 1 aromatic heterocycles. The Balaban J connectivity index is 1.91. The SMILES string of the molecule is CC1(C)CCCC1NCc1csc(C(=O)O)n1. The van der Waals surface area contributed by atoms with E-state index >= 15 is 0 Å². The third kappa shape index (κ3) is 2.84. The summed E-state index contributed by atoms with van der Waals surface area (Å²) in [7, 11) is 0. The van der Waals surface area contributed by atoms with Crippen molar-refractivity contribution in [3.8, 4) is 0 Å². The van der Waals surface area contributed by atoms with Crippen LogP contribution < -0.4 is 5.32 Å². The van der Waals surface area contributed by atoms with Gasteiger partial charge in [0.25, 0.3) is 0 Å². The van der Waals surface area contributed by atoms with Crippen molar-refractivity contribution in [2.45, 2.75) is 45.7 Å². The molecule has 1 aliphatic rings. The maximum Gasteiger partial charge on any atom is 0.365 e. The van der Waals surface area contributed by atoms with Gasteiger partial charge in [0.15, 0.2) is 0 Å². The highest BCUT2D eigenvalue weighted by Gasteiger charge is 2.33. The van der Waals surface area contributed by atoms with Crippen molar-refractivity contribution in [3.05, 3.63) is 16.1 Å². The fourth-order valence-corrected chi connectivity index (χ4v) is 3.07. The minimum atomic E-state index is -0.942. The molecule has 0 radical (unpaired) electrons. The highest BCUT2D eigenvalue weighted by molar-refractivity contribution is 7.11. The summed E-state index contributed by atoms with van der Waals surface area (Å²) < 4.78 is 0. The number of rotatable bonds is 4. The van der Waals surface area contributed by atoms with E-state index in [1.165, 1.54) is 30.6 Å². The van der Waals surface area contributed by atoms with Crippen molar-refractivity contribution < 1.29 is 9.90 Å². The van der Waals surface area contributed by atoms with Crippen LogP contribution in [0.1, 0.15) is 48.6 Å². The van der Waals surface area contributed by atoms with Crippen LogP contribution >= 0.6 is 11.3 Å². The molecule has 1 saturated carbocycles. The zero-order valence-electron chi connectivity index (χ0n) is 10.2. The van der Waals surface area contributed by atoms with Gasteiger partial charge >= 0.3 is 5.97 Å². The molecular weight excluding hydrogens is 236 g/mol. The molecular formula is C12H18N2O2S. The lowest BCUT2D eigenvalue weighted by molar-refractivity contribution is 0.0696. The topological polar surface area (TPSA) is 62.2 Å². The van der Waals surface area contributed by atoms with Crippen LogP contribution in [0.5, 0.6) is 0 Å². The van der Waals surface area contributed by atoms with Crippen molar-refractivity contribution in [1.29, 1.82) is 0 Å². The molecule has 1 fully saturated rings. The van der Waals surface area contributed by atoms with Crippen LogP contribution in [0.15, 0.2) is 5.38 Å². The molecule has 1 unspecified atom stereocenters. The number of nitrogens with one attached hydrogen (secondary N) is 1. The molecule has 1 aromatic rings. The van der Waals surface area contributed by atoms with E-state index in [2.05, 4.69) is 24.1 Å². The summed E-state index contributed by atoms with van der Waals surface area (Å²) in [6, 6.07) is 0.512. The molecule has 1 aliphatic carbocycles. The van der Waals surface area contributed by atoms with E-state index in [1.807, 2.05) is 5.38 Å². The second-order valence-corrected chi connectivity index (χ2v) is 6.12. The first-order chi connectivity index (χ1) is 7.99. The molecule has 0 amide bonds. The van der Waals surface area contributed by atoms with Gasteiger partial charge in [-0.25, -0.2) is 9.78 Å². The quantitative estimate of drug-likeness (QED) is 0.866. The lowest BCUT2D eigenvalue weighted by Crippen LogP contribution is -2.37. The number of hydrogen-bond donors (Lipinski definition) is 2. The Kier molecular flexibility index (Phi) is 3.49. The van der Waals surface area contributed by atoms with Gasteiger partial charge < -0.3 is 10.4 Å². The Morgan fingerprint density at radius 1 is 1.71 bits per heavy atom. The van der Waals surface area contributed by atoms with E-state index in [1.54, 1.807) is 0 Å². The third-order valence-electron chi connectivity index (χ3n) is 3.52. The number of carboxylic acid groups (broad SMARTS) is 1. The summed E-state index contributed by atoms with van der Waals surface area (Å²) in [5.74, 6) is -0.942. The Bertz CT molecular complexity index is 414.